The highest BCUT2D eigenvalue weighted by atomic mass is 16.5. The van der Waals surface area contributed by atoms with Gasteiger partial charge in [0.1, 0.15) is 0 Å². The van der Waals surface area contributed by atoms with E-state index in [0.717, 1.165) is 57.6 Å². The number of ether oxygens (including phenoxy) is 2. The van der Waals surface area contributed by atoms with Gasteiger partial charge in [-0.2, -0.15) is 0 Å². The third-order valence-corrected chi connectivity index (χ3v) is 8.95. The number of rotatable bonds is 5. The Morgan fingerprint density at radius 2 is 2.03 bits per heavy atom. The molecular weight excluding hydrogens is 376 g/mol. The number of fused-ring (bicyclic) bond motifs is 5. The number of hydrogen-bond acceptors (Lipinski definition) is 5. The van der Waals surface area contributed by atoms with Crippen LogP contribution in [-0.4, -0.2) is 62.6 Å². The fraction of sp³-hybridized carbons (Fsp3) is 0.760. The Hall–Kier alpha value is -1.30. The van der Waals surface area contributed by atoms with E-state index in [1.54, 1.807) is 7.11 Å². The van der Waals surface area contributed by atoms with Crippen LogP contribution in [0.15, 0.2) is 12.1 Å². The van der Waals surface area contributed by atoms with E-state index in [2.05, 4.69) is 23.2 Å². The molecule has 3 aliphatic carbocycles. The predicted molar refractivity (Wildman–Crippen MR) is 118 cm³/mol. The van der Waals surface area contributed by atoms with E-state index in [0.29, 0.717) is 28.9 Å². The highest BCUT2D eigenvalue weighted by Crippen LogP contribution is 2.61. The average molecular weight is 415 g/mol. The van der Waals surface area contributed by atoms with Crippen LogP contribution in [0.25, 0.3) is 0 Å². The average Bonchev–Trinajstić information content (AvgIpc) is 3.10. The molecule has 0 amide bonds. The fourth-order valence-electron chi connectivity index (χ4n) is 7.31. The summed E-state index contributed by atoms with van der Waals surface area (Å²) in [5, 5.41) is 14.2. The van der Waals surface area contributed by atoms with E-state index >= 15 is 0 Å². The van der Waals surface area contributed by atoms with Crippen LogP contribution in [-0.2, 0) is 11.2 Å². The van der Waals surface area contributed by atoms with Gasteiger partial charge in [-0.15, -0.1) is 0 Å². The van der Waals surface area contributed by atoms with E-state index in [1.165, 1.54) is 43.2 Å². The summed E-state index contributed by atoms with van der Waals surface area (Å²) in [4.78, 5) is 2.53. The van der Waals surface area contributed by atoms with Crippen molar-refractivity contribution in [2.75, 3.05) is 46.5 Å². The molecule has 1 aromatic rings. The molecule has 3 fully saturated rings. The SMILES string of the molecule is COc1cc2c(cc1O)CCC1C2CCC2(C)C(NCCN3CCOCC3)CCC12. The van der Waals surface area contributed by atoms with Crippen molar-refractivity contribution in [3.05, 3.63) is 23.3 Å². The van der Waals surface area contributed by atoms with Gasteiger partial charge >= 0.3 is 0 Å². The maximum absolute atomic E-state index is 10.2. The van der Waals surface area contributed by atoms with Crippen LogP contribution in [0.4, 0.5) is 0 Å². The molecular formula is C25H38N2O3. The Bertz CT molecular complexity index is 763. The highest BCUT2D eigenvalue weighted by molar-refractivity contribution is 5.49. The minimum atomic E-state index is 0.292. The van der Waals surface area contributed by atoms with Gasteiger partial charge in [-0.25, -0.2) is 0 Å². The Labute approximate surface area is 181 Å². The molecule has 166 valence electrons. The zero-order chi connectivity index (χ0) is 20.7. The lowest BCUT2D eigenvalue weighted by molar-refractivity contribution is 0.0306. The van der Waals surface area contributed by atoms with Crippen molar-refractivity contribution in [1.29, 1.82) is 0 Å². The number of phenolic OH excluding ortho intramolecular Hbond substituents is 1. The van der Waals surface area contributed by atoms with Crippen LogP contribution in [0.3, 0.4) is 0 Å². The van der Waals surface area contributed by atoms with Gasteiger partial charge in [-0.3, -0.25) is 4.90 Å². The lowest BCUT2D eigenvalue weighted by Gasteiger charge is -2.51. The number of nitrogens with zero attached hydrogens (tertiary/aromatic N) is 1. The third-order valence-electron chi connectivity index (χ3n) is 8.95. The van der Waals surface area contributed by atoms with Gasteiger partial charge < -0.3 is 19.9 Å². The summed E-state index contributed by atoms with van der Waals surface area (Å²) in [6.07, 6.45) is 7.60. The molecule has 5 atom stereocenters. The van der Waals surface area contributed by atoms with Crippen molar-refractivity contribution < 1.29 is 14.6 Å². The molecule has 0 aromatic heterocycles. The molecule has 1 aliphatic heterocycles. The topological polar surface area (TPSA) is 54.0 Å². The molecule has 0 radical (unpaired) electrons. The maximum Gasteiger partial charge on any atom is 0.160 e. The van der Waals surface area contributed by atoms with Crippen molar-refractivity contribution in [2.45, 2.75) is 57.4 Å². The number of methoxy groups -OCH3 is 1. The van der Waals surface area contributed by atoms with E-state index in [1.807, 2.05) is 6.07 Å². The summed E-state index contributed by atoms with van der Waals surface area (Å²) in [5.41, 5.74) is 3.22. The molecule has 4 aliphatic rings. The lowest BCUT2D eigenvalue weighted by Crippen LogP contribution is -2.50. The van der Waals surface area contributed by atoms with E-state index < -0.39 is 0 Å². The van der Waals surface area contributed by atoms with Crippen LogP contribution in [0.1, 0.15) is 56.1 Å². The van der Waals surface area contributed by atoms with Crippen LogP contribution in [0.2, 0.25) is 0 Å². The number of hydrogen-bond donors (Lipinski definition) is 2. The van der Waals surface area contributed by atoms with Gasteiger partial charge in [0.25, 0.3) is 0 Å². The highest BCUT2D eigenvalue weighted by Gasteiger charge is 2.54. The number of morpholine rings is 1. The number of aryl methyl sites for hydroxylation is 1. The minimum Gasteiger partial charge on any atom is -0.504 e. The molecule has 30 heavy (non-hydrogen) atoms. The number of nitrogens with one attached hydrogen (secondary N) is 1. The molecule has 5 rings (SSSR count). The minimum absolute atomic E-state index is 0.292. The molecule has 2 saturated carbocycles. The molecule has 0 bridgehead atoms. The van der Waals surface area contributed by atoms with Gasteiger partial charge in [0.05, 0.1) is 20.3 Å². The van der Waals surface area contributed by atoms with Gasteiger partial charge in [0.15, 0.2) is 11.5 Å². The smallest absolute Gasteiger partial charge is 0.160 e. The summed E-state index contributed by atoms with van der Waals surface area (Å²) < 4.78 is 10.9. The van der Waals surface area contributed by atoms with Crippen molar-refractivity contribution in [3.8, 4) is 11.5 Å². The Morgan fingerprint density at radius 1 is 1.20 bits per heavy atom. The van der Waals surface area contributed by atoms with Crippen molar-refractivity contribution in [3.63, 3.8) is 0 Å². The summed E-state index contributed by atoms with van der Waals surface area (Å²) in [5.74, 6) is 3.15. The zero-order valence-corrected chi connectivity index (χ0v) is 18.7. The first-order chi connectivity index (χ1) is 14.6. The number of aromatic hydroxyl groups is 1. The van der Waals surface area contributed by atoms with Gasteiger partial charge in [-0.1, -0.05) is 6.92 Å². The first-order valence-electron chi connectivity index (χ1n) is 12.0. The quantitative estimate of drug-likeness (QED) is 0.772. The summed E-state index contributed by atoms with van der Waals surface area (Å²) in [6, 6.07) is 4.75. The third kappa shape index (κ3) is 3.53. The zero-order valence-electron chi connectivity index (χ0n) is 18.7. The second-order valence-electron chi connectivity index (χ2n) is 10.2. The molecule has 5 unspecified atom stereocenters. The first kappa shape index (κ1) is 20.6. The van der Waals surface area contributed by atoms with E-state index in [-0.39, 0.29) is 0 Å². The largest absolute Gasteiger partial charge is 0.504 e. The second-order valence-corrected chi connectivity index (χ2v) is 10.2. The molecule has 0 spiro atoms. The molecule has 5 heteroatoms. The predicted octanol–water partition coefficient (Wildman–Crippen LogP) is 3.55. The van der Waals surface area contributed by atoms with Crippen LogP contribution >= 0.6 is 0 Å². The summed E-state index contributed by atoms with van der Waals surface area (Å²) in [6.45, 7) is 8.74. The Balaban J connectivity index is 1.27. The lowest BCUT2D eigenvalue weighted by atomic mass is 9.55. The van der Waals surface area contributed by atoms with Crippen molar-refractivity contribution in [1.82, 2.24) is 10.2 Å². The molecule has 5 nitrogen and oxygen atoms in total. The molecule has 1 heterocycles. The van der Waals surface area contributed by atoms with Crippen LogP contribution in [0.5, 0.6) is 11.5 Å². The standard InChI is InChI=1S/C25H38N2O3/c1-25-8-7-18-19(4-3-17-15-22(28)23(29-2)16-20(17)18)21(25)5-6-24(25)26-9-10-27-11-13-30-14-12-27/h15-16,18-19,21,24,26,28H,3-14H2,1-2H3. The Morgan fingerprint density at radius 3 is 2.83 bits per heavy atom. The van der Waals surface area contributed by atoms with Gasteiger partial charge in [0.2, 0.25) is 0 Å². The summed E-state index contributed by atoms with van der Waals surface area (Å²) in [7, 11) is 1.66. The molecule has 1 saturated heterocycles. The van der Waals surface area contributed by atoms with Crippen molar-refractivity contribution in [2.24, 2.45) is 17.3 Å². The van der Waals surface area contributed by atoms with Crippen LogP contribution in [0, 0.1) is 17.3 Å². The monoisotopic (exact) mass is 414 g/mol. The van der Waals surface area contributed by atoms with Crippen molar-refractivity contribution >= 4 is 0 Å². The van der Waals surface area contributed by atoms with E-state index in [4.69, 9.17) is 9.47 Å². The number of phenols is 1. The maximum atomic E-state index is 10.2. The summed E-state index contributed by atoms with van der Waals surface area (Å²) >= 11 is 0. The second kappa shape index (κ2) is 8.33. The van der Waals surface area contributed by atoms with Crippen LogP contribution < -0.4 is 10.1 Å². The normalized spacial score (nSPS) is 36.1. The van der Waals surface area contributed by atoms with E-state index in [9.17, 15) is 5.11 Å². The number of benzene rings is 1. The first-order valence-corrected chi connectivity index (χ1v) is 12.0. The molecule has 2 N–H and O–H groups in total. The molecule has 1 aromatic carbocycles. The fourth-order valence-corrected chi connectivity index (χ4v) is 7.31. The van der Waals surface area contributed by atoms with Gasteiger partial charge in [0, 0.05) is 32.2 Å². The Kier molecular flexibility index (Phi) is 5.72. The van der Waals surface area contributed by atoms with Gasteiger partial charge in [-0.05, 0) is 85.0 Å².